The average molecular weight is 471 g/mol. The summed E-state index contributed by atoms with van der Waals surface area (Å²) in [5.41, 5.74) is 7.98. The quantitative estimate of drug-likeness (QED) is 0.182. The van der Waals surface area contributed by atoms with Gasteiger partial charge in [-0.15, -0.1) is 0 Å². The number of nitrogens with one attached hydrogen (secondary N) is 2. The summed E-state index contributed by atoms with van der Waals surface area (Å²) in [6.45, 7) is 0. The molecule has 0 unspecified atom stereocenters. The van der Waals surface area contributed by atoms with Gasteiger partial charge in [0.05, 0.1) is 19.7 Å². The fraction of sp³-hybridized carbons (Fsp3) is 0.115. The normalized spacial score (nSPS) is 11.4. The van der Waals surface area contributed by atoms with E-state index in [0.29, 0.717) is 11.0 Å². The van der Waals surface area contributed by atoms with Crippen molar-refractivity contribution in [2.24, 2.45) is 5.10 Å². The lowest BCUT2D eigenvalue weighted by molar-refractivity contribution is -0.120. The third-order valence-electron chi connectivity index (χ3n) is 5.36. The summed E-state index contributed by atoms with van der Waals surface area (Å²) in [5, 5.41) is 5.78. The molecule has 0 atom stereocenters. The first-order chi connectivity index (χ1) is 16.7. The topological polar surface area (TPSA) is 92.5 Å². The Kier molecular flexibility index (Phi) is 6.31. The zero-order valence-electron chi connectivity index (χ0n) is 18.4. The highest BCUT2D eigenvalue weighted by molar-refractivity contribution is 7.98. The lowest BCUT2D eigenvalue weighted by atomic mass is 10.1. The number of carbonyl (C=O) groups is 1. The third-order valence-corrected chi connectivity index (χ3v) is 6.24. The van der Waals surface area contributed by atoms with Gasteiger partial charge in [0.15, 0.2) is 5.58 Å². The van der Waals surface area contributed by atoms with Gasteiger partial charge in [0.25, 0.3) is 5.22 Å². The van der Waals surface area contributed by atoms with Crippen LogP contribution in [-0.4, -0.2) is 29.2 Å². The summed E-state index contributed by atoms with van der Waals surface area (Å²) in [4.78, 5) is 20.0. The molecule has 0 aliphatic rings. The Morgan fingerprint density at radius 3 is 2.88 bits per heavy atom. The fourth-order valence-electron chi connectivity index (χ4n) is 3.71. The number of carbonyl (C=O) groups excluding carboxylic acids is 1. The molecule has 1 amide bonds. The van der Waals surface area contributed by atoms with Crippen LogP contribution < -0.4 is 10.2 Å². The number of hydrazone groups is 1. The molecule has 7 nitrogen and oxygen atoms in total. The molecule has 0 radical (unpaired) electrons. The molecular formula is C26H22N4O3S. The van der Waals surface area contributed by atoms with E-state index >= 15 is 0 Å². The van der Waals surface area contributed by atoms with Crippen molar-refractivity contribution < 1.29 is 13.9 Å². The smallest absolute Gasteiger partial charge is 0.257 e. The van der Waals surface area contributed by atoms with Crippen molar-refractivity contribution in [1.82, 2.24) is 15.4 Å². The van der Waals surface area contributed by atoms with E-state index in [1.807, 2.05) is 72.9 Å². The number of hydrogen-bond donors (Lipinski definition) is 2. The molecule has 2 aromatic heterocycles. The van der Waals surface area contributed by atoms with Crippen LogP contribution in [0.15, 0.2) is 87.7 Å². The number of para-hydroxylation sites is 3. The Balaban J connectivity index is 1.22. The Hall–Kier alpha value is -4.04. The van der Waals surface area contributed by atoms with Gasteiger partial charge < -0.3 is 14.1 Å². The molecule has 2 heterocycles. The fourth-order valence-corrected chi connectivity index (χ4v) is 4.53. The van der Waals surface area contributed by atoms with Crippen LogP contribution in [0, 0.1) is 0 Å². The Morgan fingerprint density at radius 1 is 1.15 bits per heavy atom. The van der Waals surface area contributed by atoms with Crippen LogP contribution in [0.1, 0.15) is 16.7 Å². The number of rotatable bonds is 8. The second-order valence-corrected chi connectivity index (χ2v) is 8.56. The SMILES string of the molecule is COc1ccc(/C=N/NC(=O)Cc2c[nH]c3ccccc23)cc1CSc1nc2ccccc2o1. The second-order valence-electron chi connectivity index (χ2n) is 7.64. The van der Waals surface area contributed by atoms with E-state index < -0.39 is 0 Å². The van der Waals surface area contributed by atoms with Gasteiger partial charge >= 0.3 is 0 Å². The Labute approximate surface area is 200 Å². The van der Waals surface area contributed by atoms with Gasteiger partial charge in [-0.25, -0.2) is 10.4 Å². The first-order valence-electron chi connectivity index (χ1n) is 10.7. The molecule has 0 saturated heterocycles. The predicted octanol–water partition coefficient (Wildman–Crippen LogP) is 5.30. The van der Waals surface area contributed by atoms with Crippen LogP contribution in [0.2, 0.25) is 0 Å². The molecule has 34 heavy (non-hydrogen) atoms. The van der Waals surface area contributed by atoms with E-state index in [1.165, 1.54) is 11.8 Å². The number of oxazole rings is 1. The lowest BCUT2D eigenvalue weighted by Gasteiger charge is -2.08. The number of aromatic nitrogens is 2. The van der Waals surface area contributed by atoms with E-state index in [9.17, 15) is 4.79 Å². The lowest BCUT2D eigenvalue weighted by Crippen LogP contribution is -2.19. The maximum Gasteiger partial charge on any atom is 0.257 e. The molecule has 170 valence electrons. The van der Waals surface area contributed by atoms with Gasteiger partial charge in [-0.1, -0.05) is 42.1 Å². The molecule has 5 rings (SSSR count). The number of ether oxygens (including phenoxy) is 1. The maximum absolute atomic E-state index is 12.4. The van der Waals surface area contributed by atoms with Gasteiger partial charge in [0.1, 0.15) is 11.3 Å². The van der Waals surface area contributed by atoms with Crippen LogP contribution >= 0.6 is 11.8 Å². The summed E-state index contributed by atoms with van der Waals surface area (Å²) in [6, 6.07) is 21.3. The first-order valence-corrected chi connectivity index (χ1v) is 11.7. The second kappa shape index (κ2) is 9.84. The minimum absolute atomic E-state index is 0.179. The minimum atomic E-state index is -0.179. The van der Waals surface area contributed by atoms with Crippen molar-refractivity contribution in [2.75, 3.05) is 7.11 Å². The number of hydrogen-bond acceptors (Lipinski definition) is 6. The standard InChI is InChI=1S/C26H22N4O3S/c1-32-23-11-10-17(12-19(23)16-34-26-29-22-8-4-5-9-24(22)33-26)14-28-30-25(31)13-18-15-27-21-7-3-2-6-20(18)21/h2-12,14-15,27H,13,16H2,1H3,(H,30,31)/b28-14+. The number of methoxy groups -OCH3 is 1. The van der Waals surface area contributed by atoms with Crippen molar-refractivity contribution in [3.05, 3.63) is 89.6 Å². The van der Waals surface area contributed by atoms with E-state index in [4.69, 9.17) is 9.15 Å². The van der Waals surface area contributed by atoms with E-state index in [-0.39, 0.29) is 12.3 Å². The molecule has 0 spiro atoms. The van der Waals surface area contributed by atoms with Crippen molar-refractivity contribution in [3.63, 3.8) is 0 Å². The summed E-state index contributed by atoms with van der Waals surface area (Å²) in [7, 11) is 1.64. The highest BCUT2D eigenvalue weighted by Gasteiger charge is 2.10. The molecule has 0 aliphatic heterocycles. The van der Waals surface area contributed by atoms with Crippen molar-refractivity contribution >= 4 is 45.9 Å². The van der Waals surface area contributed by atoms with Crippen LogP contribution in [0.4, 0.5) is 0 Å². The van der Waals surface area contributed by atoms with Crippen LogP contribution in [0.5, 0.6) is 5.75 Å². The molecule has 8 heteroatoms. The molecule has 0 aliphatic carbocycles. The zero-order valence-corrected chi connectivity index (χ0v) is 19.3. The molecule has 0 bridgehead atoms. The number of benzene rings is 3. The van der Waals surface area contributed by atoms with E-state index in [0.717, 1.165) is 44.4 Å². The predicted molar refractivity (Wildman–Crippen MR) is 134 cm³/mol. The molecule has 0 saturated carbocycles. The minimum Gasteiger partial charge on any atom is -0.496 e. The summed E-state index contributed by atoms with van der Waals surface area (Å²) in [5.74, 6) is 1.20. The highest BCUT2D eigenvalue weighted by Crippen LogP contribution is 2.30. The Morgan fingerprint density at radius 2 is 2.00 bits per heavy atom. The monoisotopic (exact) mass is 470 g/mol. The Bertz CT molecular complexity index is 1460. The summed E-state index contributed by atoms with van der Waals surface area (Å²) in [6.07, 6.45) is 3.73. The number of aromatic amines is 1. The van der Waals surface area contributed by atoms with Crippen LogP contribution in [-0.2, 0) is 17.0 Å². The van der Waals surface area contributed by atoms with Crippen molar-refractivity contribution in [2.45, 2.75) is 17.4 Å². The number of nitrogens with zero attached hydrogens (tertiary/aromatic N) is 2. The molecule has 0 fully saturated rings. The zero-order chi connectivity index (χ0) is 23.3. The summed E-state index contributed by atoms with van der Waals surface area (Å²) < 4.78 is 11.3. The van der Waals surface area contributed by atoms with Crippen LogP contribution in [0.3, 0.4) is 0 Å². The molecule has 3 aromatic carbocycles. The van der Waals surface area contributed by atoms with Gasteiger partial charge in [-0.3, -0.25) is 4.79 Å². The van der Waals surface area contributed by atoms with Gasteiger partial charge in [0.2, 0.25) is 5.91 Å². The average Bonchev–Trinajstić information content (AvgIpc) is 3.47. The number of thioether (sulfide) groups is 1. The highest BCUT2D eigenvalue weighted by atomic mass is 32.2. The number of fused-ring (bicyclic) bond motifs is 2. The van der Waals surface area contributed by atoms with Gasteiger partial charge in [0, 0.05) is 28.4 Å². The summed E-state index contributed by atoms with van der Waals surface area (Å²) >= 11 is 1.49. The van der Waals surface area contributed by atoms with Crippen molar-refractivity contribution in [1.29, 1.82) is 0 Å². The largest absolute Gasteiger partial charge is 0.496 e. The first kappa shape index (κ1) is 21.8. The van der Waals surface area contributed by atoms with Gasteiger partial charge in [-0.05, 0) is 47.5 Å². The van der Waals surface area contributed by atoms with Crippen molar-refractivity contribution in [3.8, 4) is 5.75 Å². The molecule has 5 aromatic rings. The maximum atomic E-state index is 12.4. The molecule has 2 N–H and O–H groups in total. The third kappa shape index (κ3) is 4.82. The molecular weight excluding hydrogens is 448 g/mol. The van der Waals surface area contributed by atoms with E-state index in [2.05, 4.69) is 20.5 Å². The van der Waals surface area contributed by atoms with E-state index in [1.54, 1.807) is 13.3 Å². The van der Waals surface area contributed by atoms with Gasteiger partial charge in [-0.2, -0.15) is 5.10 Å². The van der Waals surface area contributed by atoms with Crippen LogP contribution in [0.25, 0.3) is 22.0 Å². The number of H-pyrrole nitrogens is 1. The number of amides is 1.